The molecule has 1 aliphatic heterocycles. The van der Waals surface area contributed by atoms with Gasteiger partial charge in [0.2, 0.25) is 0 Å². The molecule has 138 valence electrons. The molecule has 2 rings (SSSR count). The van der Waals surface area contributed by atoms with Gasteiger partial charge in [0.05, 0.1) is 18.2 Å². The molecule has 7 nitrogen and oxygen atoms in total. The maximum atomic E-state index is 12.9. The van der Waals surface area contributed by atoms with Crippen LogP contribution in [0.5, 0.6) is 0 Å². The first kappa shape index (κ1) is 20.7. The Morgan fingerprint density at radius 1 is 1.38 bits per heavy atom. The van der Waals surface area contributed by atoms with E-state index in [1.54, 1.807) is 13.8 Å². The quantitative estimate of drug-likeness (QED) is 0.844. The summed E-state index contributed by atoms with van der Waals surface area (Å²) in [5.74, 6) is -5.73. The predicted octanol–water partition coefficient (Wildman–Crippen LogP) is 1.77. The van der Waals surface area contributed by atoms with Gasteiger partial charge in [-0.3, -0.25) is 4.79 Å². The van der Waals surface area contributed by atoms with Crippen LogP contribution in [0.3, 0.4) is 0 Å². The van der Waals surface area contributed by atoms with Crippen molar-refractivity contribution in [2.24, 2.45) is 11.8 Å². The van der Waals surface area contributed by atoms with E-state index in [1.807, 2.05) is 0 Å². The zero-order valence-electron chi connectivity index (χ0n) is 12.8. The lowest BCUT2D eigenvalue weighted by Crippen LogP contribution is -2.34. The Bertz CT molecular complexity index is 705. The van der Waals surface area contributed by atoms with Gasteiger partial charge in [-0.1, -0.05) is 0 Å². The standard InChI is InChI=1S/C12H16F3N3O4S.ClH/c1-7(2)17-5-10(16-6-17)23(21,22)18-3-8(11(19)20)9(4-18)12(13,14)15;/h5-9H,3-4H2,1-2H3,(H,19,20);1H/t8-,9-;/m1./s1. The predicted molar refractivity (Wildman–Crippen MR) is 79.3 cm³/mol. The van der Waals surface area contributed by atoms with E-state index in [0.29, 0.717) is 4.31 Å². The van der Waals surface area contributed by atoms with E-state index in [2.05, 4.69) is 4.98 Å². The third-order valence-corrected chi connectivity index (χ3v) is 5.52. The molecule has 0 spiro atoms. The molecule has 0 bridgehead atoms. The first-order valence-electron chi connectivity index (χ1n) is 6.77. The van der Waals surface area contributed by atoms with Crippen molar-refractivity contribution in [2.75, 3.05) is 13.1 Å². The topological polar surface area (TPSA) is 92.5 Å². The van der Waals surface area contributed by atoms with Crippen LogP contribution < -0.4 is 0 Å². The number of rotatable bonds is 4. The van der Waals surface area contributed by atoms with E-state index < -0.39 is 52.1 Å². The normalized spacial score (nSPS) is 22.6. The van der Waals surface area contributed by atoms with E-state index >= 15 is 0 Å². The number of alkyl halides is 3. The minimum atomic E-state index is -4.79. The third kappa shape index (κ3) is 3.83. The molecular weight excluding hydrogens is 375 g/mol. The van der Waals surface area contributed by atoms with Crippen molar-refractivity contribution < 1.29 is 31.5 Å². The Labute approximate surface area is 142 Å². The molecule has 0 amide bonds. The number of hydrogen-bond donors (Lipinski definition) is 1. The number of carboxylic acids is 1. The molecule has 1 N–H and O–H groups in total. The minimum Gasteiger partial charge on any atom is -0.481 e. The number of aromatic nitrogens is 2. The second kappa shape index (κ2) is 6.89. The number of hydrogen-bond acceptors (Lipinski definition) is 4. The molecule has 0 saturated carbocycles. The molecule has 0 aromatic carbocycles. The van der Waals surface area contributed by atoms with Crippen LogP contribution >= 0.6 is 12.4 Å². The van der Waals surface area contributed by atoms with Gasteiger partial charge in [0.25, 0.3) is 10.0 Å². The first-order chi connectivity index (χ1) is 10.4. The summed E-state index contributed by atoms with van der Waals surface area (Å²) in [6.07, 6.45) is -2.30. The third-order valence-electron chi connectivity index (χ3n) is 3.80. The van der Waals surface area contributed by atoms with Crippen LogP contribution in [0.25, 0.3) is 0 Å². The molecule has 2 atom stereocenters. The summed E-state index contributed by atoms with van der Waals surface area (Å²) in [7, 11) is -4.27. The average molecular weight is 392 g/mol. The Morgan fingerprint density at radius 3 is 2.33 bits per heavy atom. The highest BCUT2D eigenvalue weighted by atomic mass is 35.5. The summed E-state index contributed by atoms with van der Waals surface area (Å²) in [6.45, 7) is 1.93. The van der Waals surface area contributed by atoms with Gasteiger partial charge in [-0.25, -0.2) is 13.4 Å². The minimum absolute atomic E-state index is 0. The van der Waals surface area contributed by atoms with E-state index in [-0.39, 0.29) is 18.4 Å². The lowest BCUT2D eigenvalue weighted by Gasteiger charge is -2.18. The Morgan fingerprint density at radius 2 is 1.96 bits per heavy atom. The maximum Gasteiger partial charge on any atom is 0.393 e. The number of imidazole rings is 1. The fourth-order valence-corrected chi connectivity index (χ4v) is 3.83. The number of nitrogens with zero attached hydrogens (tertiary/aromatic N) is 3. The molecule has 1 aliphatic rings. The van der Waals surface area contributed by atoms with Crippen molar-refractivity contribution in [2.45, 2.75) is 31.1 Å². The first-order valence-corrected chi connectivity index (χ1v) is 8.21. The van der Waals surface area contributed by atoms with Crippen LogP contribution in [0.1, 0.15) is 19.9 Å². The molecule has 12 heteroatoms. The van der Waals surface area contributed by atoms with Gasteiger partial charge in [-0.05, 0) is 13.8 Å². The van der Waals surface area contributed by atoms with Crippen molar-refractivity contribution in [3.05, 3.63) is 12.5 Å². The number of halogens is 4. The zero-order chi connectivity index (χ0) is 17.6. The summed E-state index contributed by atoms with van der Waals surface area (Å²) in [4.78, 5) is 14.7. The van der Waals surface area contributed by atoms with E-state index in [9.17, 15) is 26.4 Å². The van der Waals surface area contributed by atoms with Crippen LogP contribution in [0.2, 0.25) is 0 Å². The van der Waals surface area contributed by atoms with Crippen molar-refractivity contribution in [1.82, 2.24) is 13.9 Å². The van der Waals surface area contributed by atoms with Crippen LogP contribution in [0, 0.1) is 11.8 Å². The molecular formula is C12H17ClF3N3O4S. The molecule has 1 fully saturated rings. The van der Waals surface area contributed by atoms with Crippen molar-refractivity contribution in [3.8, 4) is 0 Å². The fourth-order valence-electron chi connectivity index (χ4n) is 2.41. The van der Waals surface area contributed by atoms with Gasteiger partial charge in [0, 0.05) is 25.3 Å². The summed E-state index contributed by atoms with van der Waals surface area (Å²) in [5, 5.41) is 8.55. The smallest absolute Gasteiger partial charge is 0.393 e. The Hall–Kier alpha value is -1.33. The van der Waals surface area contributed by atoms with Gasteiger partial charge in [0.15, 0.2) is 5.03 Å². The second-order valence-corrected chi connectivity index (χ2v) is 7.55. The van der Waals surface area contributed by atoms with Gasteiger partial charge in [-0.15, -0.1) is 12.4 Å². The average Bonchev–Trinajstić information content (AvgIpc) is 3.06. The number of aliphatic carboxylic acids is 1. The number of carboxylic acid groups (broad SMARTS) is 1. The number of sulfonamides is 1. The molecule has 0 radical (unpaired) electrons. The molecule has 1 aromatic heterocycles. The number of carbonyl (C=O) groups is 1. The van der Waals surface area contributed by atoms with E-state index in [4.69, 9.17) is 5.11 Å². The zero-order valence-corrected chi connectivity index (χ0v) is 14.4. The van der Waals surface area contributed by atoms with Gasteiger partial charge < -0.3 is 9.67 Å². The summed E-state index contributed by atoms with van der Waals surface area (Å²) in [6, 6.07) is -0.0697. The lowest BCUT2D eigenvalue weighted by atomic mass is 9.96. The Balaban J connectivity index is 0.00000288. The largest absolute Gasteiger partial charge is 0.481 e. The van der Waals surface area contributed by atoms with Gasteiger partial charge >= 0.3 is 12.1 Å². The van der Waals surface area contributed by atoms with Crippen LogP contribution in [-0.4, -0.2) is 52.6 Å². The van der Waals surface area contributed by atoms with Crippen LogP contribution in [0.4, 0.5) is 13.2 Å². The summed E-state index contributed by atoms with van der Waals surface area (Å²) < 4.78 is 65.7. The highest BCUT2D eigenvalue weighted by Crippen LogP contribution is 2.39. The Kier molecular flexibility index (Phi) is 5.94. The molecule has 1 saturated heterocycles. The van der Waals surface area contributed by atoms with E-state index in [1.165, 1.54) is 17.1 Å². The van der Waals surface area contributed by atoms with Crippen molar-refractivity contribution in [1.29, 1.82) is 0 Å². The highest BCUT2D eigenvalue weighted by molar-refractivity contribution is 7.89. The molecule has 1 aromatic rings. The SMILES string of the molecule is CC(C)n1cnc(S(=O)(=O)N2C[C@@H](C(F)(F)F)[C@H](C(=O)O)C2)c1.Cl. The summed E-state index contributed by atoms with van der Waals surface area (Å²) in [5.41, 5.74) is 0. The highest BCUT2D eigenvalue weighted by Gasteiger charge is 2.55. The fraction of sp³-hybridized carbons (Fsp3) is 0.667. The maximum absolute atomic E-state index is 12.9. The molecule has 0 unspecified atom stereocenters. The van der Waals surface area contributed by atoms with Crippen molar-refractivity contribution >= 4 is 28.4 Å². The monoisotopic (exact) mass is 391 g/mol. The van der Waals surface area contributed by atoms with Crippen LogP contribution in [0.15, 0.2) is 17.6 Å². The van der Waals surface area contributed by atoms with Gasteiger partial charge in [0.1, 0.15) is 0 Å². The van der Waals surface area contributed by atoms with Gasteiger partial charge in [-0.2, -0.15) is 17.5 Å². The van der Waals surface area contributed by atoms with E-state index in [0.717, 1.165) is 0 Å². The lowest BCUT2D eigenvalue weighted by molar-refractivity contribution is -0.187. The molecule has 2 heterocycles. The second-order valence-electron chi connectivity index (χ2n) is 5.67. The molecule has 24 heavy (non-hydrogen) atoms. The van der Waals surface area contributed by atoms with Crippen LogP contribution in [-0.2, 0) is 14.8 Å². The molecule has 0 aliphatic carbocycles. The summed E-state index contributed by atoms with van der Waals surface area (Å²) >= 11 is 0. The van der Waals surface area contributed by atoms with Crippen molar-refractivity contribution in [3.63, 3.8) is 0 Å².